The standard InChI is InChI=1S/C19H19ClN2O4/c1-24-10-9-22(19(23)14-5-3-4-6-16(14)25-2)12-18-21-15-11-13(20)7-8-17(15)26-18/h3-8,11H,9-10,12H2,1-2H3. The van der Waals surface area contributed by atoms with Gasteiger partial charge in [0.2, 0.25) is 5.89 Å². The first kappa shape index (κ1) is 18.2. The van der Waals surface area contributed by atoms with E-state index < -0.39 is 0 Å². The molecule has 26 heavy (non-hydrogen) atoms. The topological polar surface area (TPSA) is 64.8 Å². The van der Waals surface area contributed by atoms with Crippen LogP contribution < -0.4 is 4.74 Å². The number of amides is 1. The maximum absolute atomic E-state index is 13.0. The molecule has 0 aliphatic carbocycles. The molecule has 3 rings (SSSR count). The van der Waals surface area contributed by atoms with E-state index in [2.05, 4.69) is 4.98 Å². The predicted molar refractivity (Wildman–Crippen MR) is 98.6 cm³/mol. The lowest BCUT2D eigenvalue weighted by molar-refractivity contribution is 0.0660. The molecule has 0 fully saturated rings. The Morgan fingerprint density at radius 1 is 1.23 bits per heavy atom. The smallest absolute Gasteiger partial charge is 0.258 e. The van der Waals surface area contributed by atoms with E-state index in [-0.39, 0.29) is 12.5 Å². The maximum Gasteiger partial charge on any atom is 0.258 e. The second-order valence-corrected chi connectivity index (χ2v) is 6.08. The molecule has 136 valence electrons. The summed E-state index contributed by atoms with van der Waals surface area (Å²) in [7, 11) is 3.13. The van der Waals surface area contributed by atoms with Crippen LogP contribution in [0.3, 0.4) is 0 Å². The lowest BCUT2D eigenvalue weighted by Gasteiger charge is -2.21. The highest BCUT2D eigenvalue weighted by Gasteiger charge is 2.21. The molecule has 2 aromatic carbocycles. The minimum atomic E-state index is -0.181. The van der Waals surface area contributed by atoms with Crippen LogP contribution >= 0.6 is 11.6 Å². The Labute approximate surface area is 156 Å². The third-order valence-electron chi connectivity index (χ3n) is 3.91. The van der Waals surface area contributed by atoms with Crippen LogP contribution in [-0.4, -0.2) is 43.2 Å². The summed E-state index contributed by atoms with van der Waals surface area (Å²) in [6, 6.07) is 12.3. The number of fused-ring (bicyclic) bond motifs is 1. The average Bonchev–Trinajstić information content (AvgIpc) is 3.05. The summed E-state index contributed by atoms with van der Waals surface area (Å²) >= 11 is 5.99. The first-order valence-electron chi connectivity index (χ1n) is 8.08. The highest BCUT2D eigenvalue weighted by atomic mass is 35.5. The molecule has 1 heterocycles. The number of nitrogens with zero attached hydrogens (tertiary/aromatic N) is 2. The SMILES string of the molecule is COCCN(Cc1nc2cc(Cl)ccc2o1)C(=O)c1ccccc1OC. The minimum absolute atomic E-state index is 0.181. The molecular formula is C19H19ClN2O4. The van der Waals surface area contributed by atoms with Gasteiger partial charge < -0.3 is 18.8 Å². The van der Waals surface area contributed by atoms with E-state index in [1.54, 1.807) is 48.4 Å². The van der Waals surface area contributed by atoms with Gasteiger partial charge in [-0.3, -0.25) is 4.79 Å². The highest BCUT2D eigenvalue weighted by Crippen LogP contribution is 2.23. The lowest BCUT2D eigenvalue weighted by atomic mass is 10.1. The summed E-state index contributed by atoms with van der Waals surface area (Å²) in [5.41, 5.74) is 1.76. The van der Waals surface area contributed by atoms with Gasteiger partial charge >= 0.3 is 0 Å². The zero-order valence-electron chi connectivity index (χ0n) is 14.6. The van der Waals surface area contributed by atoms with Crippen molar-refractivity contribution in [2.45, 2.75) is 6.54 Å². The largest absolute Gasteiger partial charge is 0.496 e. The molecular weight excluding hydrogens is 356 g/mol. The average molecular weight is 375 g/mol. The normalized spacial score (nSPS) is 10.9. The molecule has 0 spiro atoms. The Balaban J connectivity index is 1.88. The van der Waals surface area contributed by atoms with Crippen molar-refractivity contribution in [2.24, 2.45) is 0 Å². The van der Waals surface area contributed by atoms with Crippen LogP contribution in [0.2, 0.25) is 5.02 Å². The molecule has 0 bridgehead atoms. The van der Waals surface area contributed by atoms with Gasteiger partial charge in [0, 0.05) is 18.7 Å². The number of benzene rings is 2. The fraction of sp³-hybridized carbons (Fsp3) is 0.263. The highest BCUT2D eigenvalue weighted by molar-refractivity contribution is 6.31. The zero-order valence-corrected chi connectivity index (χ0v) is 15.3. The maximum atomic E-state index is 13.0. The second kappa shape index (κ2) is 8.21. The fourth-order valence-corrected chi connectivity index (χ4v) is 2.79. The van der Waals surface area contributed by atoms with Gasteiger partial charge in [-0.2, -0.15) is 0 Å². The van der Waals surface area contributed by atoms with Crippen molar-refractivity contribution in [3.63, 3.8) is 0 Å². The third kappa shape index (κ3) is 3.98. The van der Waals surface area contributed by atoms with E-state index in [0.29, 0.717) is 46.5 Å². The molecule has 0 saturated heterocycles. The monoisotopic (exact) mass is 374 g/mol. The molecule has 0 aliphatic rings. The number of ether oxygens (including phenoxy) is 2. The summed E-state index contributed by atoms with van der Waals surface area (Å²) in [6.45, 7) is 1.01. The number of rotatable bonds is 7. The quantitative estimate of drug-likeness (QED) is 0.629. The van der Waals surface area contributed by atoms with Gasteiger partial charge in [-0.25, -0.2) is 4.98 Å². The van der Waals surface area contributed by atoms with Crippen molar-refractivity contribution < 1.29 is 18.7 Å². The number of aromatic nitrogens is 1. The van der Waals surface area contributed by atoms with Crippen LogP contribution in [0.15, 0.2) is 46.9 Å². The first-order valence-corrected chi connectivity index (χ1v) is 8.46. The van der Waals surface area contributed by atoms with Crippen molar-refractivity contribution in [3.05, 3.63) is 58.9 Å². The van der Waals surface area contributed by atoms with Crippen molar-refractivity contribution in [1.29, 1.82) is 0 Å². The van der Waals surface area contributed by atoms with Crippen molar-refractivity contribution in [2.75, 3.05) is 27.4 Å². The molecule has 0 radical (unpaired) electrons. The Morgan fingerprint density at radius 3 is 2.81 bits per heavy atom. The summed E-state index contributed by atoms with van der Waals surface area (Å²) in [5, 5.41) is 0.582. The molecule has 1 amide bonds. The van der Waals surface area contributed by atoms with Crippen LogP contribution in [0.5, 0.6) is 5.75 Å². The van der Waals surface area contributed by atoms with Gasteiger partial charge in [0.05, 0.1) is 25.8 Å². The van der Waals surface area contributed by atoms with Gasteiger partial charge in [-0.15, -0.1) is 0 Å². The van der Waals surface area contributed by atoms with Gasteiger partial charge in [0.15, 0.2) is 5.58 Å². The second-order valence-electron chi connectivity index (χ2n) is 5.64. The first-order chi connectivity index (χ1) is 12.6. The minimum Gasteiger partial charge on any atom is -0.496 e. The number of methoxy groups -OCH3 is 2. The van der Waals surface area contributed by atoms with Crippen molar-refractivity contribution in [1.82, 2.24) is 9.88 Å². The van der Waals surface area contributed by atoms with Gasteiger partial charge in [-0.1, -0.05) is 23.7 Å². The van der Waals surface area contributed by atoms with E-state index in [1.165, 1.54) is 7.11 Å². The number of halogens is 1. The van der Waals surface area contributed by atoms with Crippen LogP contribution in [0, 0.1) is 0 Å². The van der Waals surface area contributed by atoms with Crippen molar-refractivity contribution >= 4 is 28.6 Å². The number of hydrogen-bond donors (Lipinski definition) is 0. The number of hydrogen-bond acceptors (Lipinski definition) is 5. The number of carbonyl (C=O) groups is 1. The molecule has 0 unspecified atom stereocenters. The predicted octanol–water partition coefficient (Wildman–Crippen LogP) is 3.78. The lowest BCUT2D eigenvalue weighted by Crippen LogP contribution is -2.33. The molecule has 0 N–H and O–H groups in total. The van der Waals surface area contributed by atoms with E-state index in [4.69, 9.17) is 25.5 Å². The van der Waals surface area contributed by atoms with Crippen LogP contribution in [0.1, 0.15) is 16.2 Å². The van der Waals surface area contributed by atoms with Crippen molar-refractivity contribution in [3.8, 4) is 5.75 Å². The molecule has 7 heteroatoms. The zero-order chi connectivity index (χ0) is 18.5. The molecule has 3 aromatic rings. The Kier molecular flexibility index (Phi) is 5.75. The number of carbonyl (C=O) groups excluding carboxylic acids is 1. The van der Waals surface area contributed by atoms with Gasteiger partial charge in [0.25, 0.3) is 5.91 Å². The molecule has 0 atom stereocenters. The van der Waals surface area contributed by atoms with Crippen LogP contribution in [0.4, 0.5) is 0 Å². The van der Waals surface area contributed by atoms with E-state index in [1.807, 2.05) is 6.07 Å². The van der Waals surface area contributed by atoms with Crippen LogP contribution in [-0.2, 0) is 11.3 Å². The summed E-state index contributed by atoms with van der Waals surface area (Å²) in [4.78, 5) is 19.0. The van der Waals surface area contributed by atoms with Crippen LogP contribution in [0.25, 0.3) is 11.1 Å². The Bertz CT molecular complexity index is 909. The molecule has 1 aromatic heterocycles. The fourth-order valence-electron chi connectivity index (χ4n) is 2.62. The number of para-hydroxylation sites is 1. The van der Waals surface area contributed by atoms with Gasteiger partial charge in [-0.05, 0) is 30.3 Å². The Hall–Kier alpha value is -2.57. The summed E-state index contributed by atoms with van der Waals surface area (Å²) in [5.74, 6) is 0.769. The summed E-state index contributed by atoms with van der Waals surface area (Å²) in [6.07, 6.45) is 0. The molecule has 0 aliphatic heterocycles. The van der Waals surface area contributed by atoms with E-state index >= 15 is 0 Å². The Morgan fingerprint density at radius 2 is 2.04 bits per heavy atom. The summed E-state index contributed by atoms with van der Waals surface area (Å²) < 4.78 is 16.2. The third-order valence-corrected chi connectivity index (χ3v) is 4.15. The van der Waals surface area contributed by atoms with Gasteiger partial charge in [0.1, 0.15) is 11.3 Å². The number of oxazole rings is 1. The van der Waals surface area contributed by atoms with E-state index in [0.717, 1.165) is 0 Å². The van der Waals surface area contributed by atoms with E-state index in [9.17, 15) is 4.79 Å². The molecule has 6 nitrogen and oxygen atoms in total. The molecule has 0 saturated carbocycles.